The van der Waals surface area contributed by atoms with Crippen molar-refractivity contribution >= 4 is 11.9 Å². The van der Waals surface area contributed by atoms with Gasteiger partial charge >= 0.3 is 11.9 Å². The van der Waals surface area contributed by atoms with E-state index in [2.05, 4.69) is 40.7 Å². The third kappa shape index (κ3) is 4.69. The van der Waals surface area contributed by atoms with Crippen LogP contribution in [0, 0.1) is 50.2 Å². The van der Waals surface area contributed by atoms with Gasteiger partial charge in [-0.05, 0) is 97.2 Å². The summed E-state index contributed by atoms with van der Waals surface area (Å²) in [6, 6.07) is 0. The number of aliphatic hydroxyl groups is 5. The van der Waals surface area contributed by atoms with Gasteiger partial charge in [0.1, 0.15) is 23.7 Å². The van der Waals surface area contributed by atoms with Gasteiger partial charge in [0, 0.05) is 5.41 Å². The van der Waals surface area contributed by atoms with Crippen LogP contribution in [0.5, 0.6) is 0 Å². The number of allylic oxidation sites excluding steroid dienone is 2. The van der Waals surface area contributed by atoms with E-state index in [-0.39, 0.29) is 40.6 Å². The lowest BCUT2D eigenvalue weighted by Crippen LogP contribution is -2.68. The molecule has 0 amide bonds. The second-order valence-electron chi connectivity index (χ2n) is 17.8. The lowest BCUT2D eigenvalue weighted by Gasteiger charge is -2.71. The van der Waals surface area contributed by atoms with Gasteiger partial charge < -0.3 is 45.2 Å². The molecule has 0 aromatic carbocycles. The monoisotopic (exact) mass is 664 g/mol. The van der Waals surface area contributed by atoms with E-state index in [1.54, 1.807) is 0 Å². The number of ether oxygens (including phenoxy) is 2. The number of hydrogen-bond donors (Lipinski definition) is 7. The maximum Gasteiger partial charge on any atom is 0.335 e. The predicted molar refractivity (Wildman–Crippen MR) is 169 cm³/mol. The number of hydrogen-bond acceptors (Lipinski definition) is 9. The average molecular weight is 665 g/mol. The summed E-state index contributed by atoms with van der Waals surface area (Å²) in [5.74, 6) is -2.44. The van der Waals surface area contributed by atoms with Crippen molar-refractivity contribution < 1.29 is 54.8 Å². The van der Waals surface area contributed by atoms with E-state index in [0.29, 0.717) is 19.3 Å². The van der Waals surface area contributed by atoms with E-state index in [9.17, 15) is 45.3 Å². The quantitative estimate of drug-likeness (QED) is 0.169. The molecule has 0 bridgehead atoms. The second kappa shape index (κ2) is 11.2. The molecule has 5 fully saturated rings. The molecule has 15 atom stereocenters. The Bertz CT molecular complexity index is 1320. The Kier molecular flexibility index (Phi) is 8.40. The first-order chi connectivity index (χ1) is 21.7. The van der Waals surface area contributed by atoms with Crippen LogP contribution < -0.4 is 0 Å². The molecule has 0 unspecified atom stereocenters. The number of carboxylic acids is 2. The zero-order chi connectivity index (χ0) is 34.7. The van der Waals surface area contributed by atoms with Crippen LogP contribution >= 0.6 is 0 Å². The largest absolute Gasteiger partial charge is 0.481 e. The minimum Gasteiger partial charge on any atom is -0.481 e. The van der Waals surface area contributed by atoms with Crippen LogP contribution in [-0.2, 0) is 19.1 Å². The molecule has 266 valence electrons. The Morgan fingerprint density at radius 1 is 0.872 bits per heavy atom. The molecule has 11 nitrogen and oxygen atoms in total. The number of carboxylic acid groups (broad SMARTS) is 2. The standard InChI is InChI=1S/C36H56O11/c1-31(2)13-14-36(30(44)45)19(15-31)18-7-8-21-32(3)11-10-23(46-29-26(41)24(39)25(40)27(47-29)28(42)43)33(4,17-37)20(32)9-12-34(21,5)35(18,6)16-22(36)38/h7,19-27,29,37-41H,8-17H2,1-6H3,(H,42,43)(H,44,45)/t19-,20+,21+,22+,23-,24-,25-,26+,27-,29+,32-,33-,34+,35+,36+/m0/s1. The molecule has 0 spiro atoms. The van der Waals surface area contributed by atoms with E-state index < -0.39 is 71.1 Å². The Morgan fingerprint density at radius 3 is 2.17 bits per heavy atom. The van der Waals surface area contributed by atoms with Crippen LogP contribution in [-0.4, -0.2) is 97.2 Å². The zero-order valence-corrected chi connectivity index (χ0v) is 28.7. The van der Waals surface area contributed by atoms with Gasteiger partial charge in [-0.25, -0.2) is 4.79 Å². The molecular weight excluding hydrogens is 608 g/mol. The number of carbonyl (C=O) groups is 2. The normalized spacial score (nSPS) is 53.8. The molecule has 0 aromatic rings. The third-order valence-electron chi connectivity index (χ3n) is 15.3. The van der Waals surface area contributed by atoms with Crippen molar-refractivity contribution in [3.8, 4) is 0 Å². The van der Waals surface area contributed by atoms with Crippen LogP contribution in [0.3, 0.4) is 0 Å². The van der Waals surface area contributed by atoms with Crippen LogP contribution in [0.25, 0.3) is 0 Å². The first-order valence-corrected chi connectivity index (χ1v) is 17.5. The van der Waals surface area contributed by atoms with Crippen LogP contribution in [0.2, 0.25) is 0 Å². The maximum absolute atomic E-state index is 13.0. The molecule has 7 N–H and O–H groups in total. The highest BCUT2D eigenvalue weighted by atomic mass is 16.7. The van der Waals surface area contributed by atoms with Crippen LogP contribution in [0.15, 0.2) is 11.6 Å². The van der Waals surface area contributed by atoms with Crippen molar-refractivity contribution in [1.29, 1.82) is 0 Å². The van der Waals surface area contributed by atoms with Gasteiger partial charge in [-0.1, -0.05) is 53.2 Å². The first-order valence-electron chi connectivity index (χ1n) is 17.5. The summed E-state index contributed by atoms with van der Waals surface area (Å²) in [5.41, 5.74) is -1.69. The Morgan fingerprint density at radius 2 is 1.55 bits per heavy atom. The highest BCUT2D eigenvalue weighted by molar-refractivity contribution is 5.77. The highest BCUT2D eigenvalue weighted by Crippen LogP contribution is 2.76. The Balaban J connectivity index is 1.33. The number of aliphatic hydroxyl groups excluding tert-OH is 5. The summed E-state index contributed by atoms with van der Waals surface area (Å²) in [4.78, 5) is 24.7. The van der Waals surface area contributed by atoms with Crippen molar-refractivity contribution in [2.24, 2.45) is 50.2 Å². The highest BCUT2D eigenvalue weighted by Gasteiger charge is 2.72. The zero-order valence-electron chi connectivity index (χ0n) is 28.7. The minimum atomic E-state index is -1.82. The van der Waals surface area contributed by atoms with Crippen molar-refractivity contribution in [2.75, 3.05) is 6.61 Å². The first kappa shape index (κ1) is 35.2. The van der Waals surface area contributed by atoms with Crippen LogP contribution in [0.4, 0.5) is 0 Å². The molecule has 6 aliphatic rings. The van der Waals surface area contributed by atoms with Gasteiger partial charge in [0.2, 0.25) is 0 Å². The fraction of sp³-hybridized carbons (Fsp3) is 0.889. The van der Waals surface area contributed by atoms with E-state index in [0.717, 1.165) is 38.5 Å². The second-order valence-corrected chi connectivity index (χ2v) is 17.8. The van der Waals surface area contributed by atoms with Crippen molar-refractivity contribution in [3.63, 3.8) is 0 Å². The van der Waals surface area contributed by atoms with Gasteiger partial charge in [0.25, 0.3) is 0 Å². The minimum absolute atomic E-state index is 0.0119. The molecule has 47 heavy (non-hydrogen) atoms. The van der Waals surface area contributed by atoms with Gasteiger partial charge in [0.05, 0.1) is 18.8 Å². The summed E-state index contributed by atoms with van der Waals surface area (Å²) in [6.07, 6.45) is -1.87. The van der Waals surface area contributed by atoms with E-state index in [4.69, 9.17) is 9.47 Å². The van der Waals surface area contributed by atoms with E-state index in [1.807, 2.05) is 6.92 Å². The summed E-state index contributed by atoms with van der Waals surface area (Å²) in [7, 11) is 0. The molecule has 5 aliphatic carbocycles. The lowest BCUT2D eigenvalue weighted by molar-refractivity contribution is -0.327. The molecule has 1 saturated heterocycles. The van der Waals surface area contributed by atoms with Crippen molar-refractivity contribution in [3.05, 3.63) is 11.6 Å². The third-order valence-corrected chi connectivity index (χ3v) is 15.3. The SMILES string of the molecule is CC1(C)CC[C@]2(C(=O)O)[C@H](O)C[C@]3(C)C(=CC[C@@H]4[C@@]5(C)CC[C@H](O[C@@H]6O[C@H](C(=O)O)[C@@H](O)[C@H](O)[C@H]6O)[C@@](C)(CO)[C@@H]5CC[C@]43C)[C@@H]2C1. The van der Waals surface area contributed by atoms with E-state index in [1.165, 1.54) is 5.57 Å². The molecule has 1 aliphatic heterocycles. The average Bonchev–Trinajstić information content (AvgIpc) is 2.98. The summed E-state index contributed by atoms with van der Waals surface area (Å²) in [6.45, 7) is 13.1. The molecule has 4 saturated carbocycles. The summed E-state index contributed by atoms with van der Waals surface area (Å²) >= 11 is 0. The Labute approximate surface area is 277 Å². The topological polar surface area (TPSA) is 194 Å². The maximum atomic E-state index is 13.0. The van der Waals surface area contributed by atoms with Gasteiger partial charge in [-0.2, -0.15) is 0 Å². The Hall–Kier alpha value is -1.60. The number of rotatable bonds is 5. The number of aliphatic carboxylic acids is 2. The van der Waals surface area contributed by atoms with Gasteiger partial charge in [0.15, 0.2) is 12.4 Å². The molecule has 0 aromatic heterocycles. The molecule has 11 heteroatoms. The van der Waals surface area contributed by atoms with Crippen molar-refractivity contribution in [1.82, 2.24) is 0 Å². The van der Waals surface area contributed by atoms with Crippen LogP contribution in [0.1, 0.15) is 99.3 Å². The van der Waals surface area contributed by atoms with E-state index >= 15 is 0 Å². The lowest BCUT2D eigenvalue weighted by atomic mass is 9.33. The molecular formula is C36H56O11. The fourth-order valence-electron chi connectivity index (χ4n) is 12.3. The molecule has 1 heterocycles. The summed E-state index contributed by atoms with van der Waals surface area (Å²) in [5, 5.41) is 74.3. The van der Waals surface area contributed by atoms with Gasteiger partial charge in [-0.3, -0.25) is 4.79 Å². The molecule has 6 rings (SSSR count). The van der Waals surface area contributed by atoms with Crippen molar-refractivity contribution in [2.45, 2.75) is 142 Å². The van der Waals surface area contributed by atoms with Gasteiger partial charge in [-0.15, -0.1) is 0 Å². The summed E-state index contributed by atoms with van der Waals surface area (Å²) < 4.78 is 11.7. The number of fused-ring (bicyclic) bond motifs is 7. The fourth-order valence-corrected chi connectivity index (χ4v) is 12.3. The predicted octanol–water partition coefficient (Wildman–Crippen LogP) is 3.09. The molecule has 0 radical (unpaired) electrons. The smallest absolute Gasteiger partial charge is 0.335 e.